The van der Waals surface area contributed by atoms with E-state index >= 15 is 0 Å². The van der Waals surface area contributed by atoms with Gasteiger partial charge >= 0.3 is 0 Å². The lowest BCUT2D eigenvalue weighted by atomic mass is 10.3. The number of aromatic hydroxyl groups is 1. The summed E-state index contributed by atoms with van der Waals surface area (Å²) in [5.41, 5.74) is 5.40. The molecule has 1 aromatic rings. The van der Waals surface area contributed by atoms with Gasteiger partial charge in [-0.15, -0.1) is 0 Å². The second-order valence-corrected chi connectivity index (χ2v) is 5.70. The zero-order valence-electron chi connectivity index (χ0n) is 10.0. The quantitative estimate of drug-likeness (QED) is 0.498. The van der Waals surface area contributed by atoms with E-state index in [0.717, 1.165) is 10.4 Å². The summed E-state index contributed by atoms with van der Waals surface area (Å²) in [6, 6.07) is 3.56. The summed E-state index contributed by atoms with van der Waals surface area (Å²) in [6.07, 6.45) is 0. The summed E-state index contributed by atoms with van der Waals surface area (Å²) < 4.78 is 25.0. The van der Waals surface area contributed by atoms with Crippen LogP contribution in [-0.4, -0.2) is 44.4 Å². The molecule has 0 radical (unpaired) electrons. The van der Waals surface area contributed by atoms with Gasteiger partial charge < -0.3 is 16.2 Å². The minimum Gasteiger partial charge on any atom is -0.506 e. The zero-order chi connectivity index (χ0) is 13.9. The molecule has 8 heteroatoms. The van der Waals surface area contributed by atoms with Crippen molar-refractivity contribution in [1.82, 2.24) is 9.62 Å². The second kappa shape index (κ2) is 5.23. The molecule has 0 saturated carbocycles. The van der Waals surface area contributed by atoms with E-state index in [1.54, 1.807) is 0 Å². The Hall–Kier alpha value is -1.80. The van der Waals surface area contributed by atoms with Crippen LogP contribution in [0, 0.1) is 0 Å². The lowest BCUT2D eigenvalue weighted by Crippen LogP contribution is -2.36. The lowest BCUT2D eigenvalue weighted by molar-refractivity contribution is -0.120. The molecule has 100 valence electrons. The van der Waals surface area contributed by atoms with E-state index in [0.29, 0.717) is 0 Å². The molecule has 0 spiro atoms. The summed E-state index contributed by atoms with van der Waals surface area (Å²) in [6.45, 7) is -0.292. The van der Waals surface area contributed by atoms with Gasteiger partial charge in [0.2, 0.25) is 15.9 Å². The number of carbonyl (C=O) groups excluding carboxylic acids is 1. The standard InChI is InChI=1S/C10H15N3O4S/c1-12-10(15)6-13(2)18(16,17)7-3-4-9(14)8(11)5-7/h3-5,14H,6,11H2,1-2H3,(H,12,15). The molecule has 0 saturated heterocycles. The lowest BCUT2D eigenvalue weighted by Gasteiger charge is -2.16. The molecular weight excluding hydrogens is 258 g/mol. The Balaban J connectivity index is 3.05. The number of hydrogen-bond donors (Lipinski definition) is 3. The maximum Gasteiger partial charge on any atom is 0.243 e. The number of nitrogen functional groups attached to an aromatic ring is 1. The minimum absolute atomic E-state index is 0.0376. The number of phenolic OH excluding ortho intramolecular Hbond substituents is 1. The monoisotopic (exact) mass is 273 g/mol. The van der Waals surface area contributed by atoms with Gasteiger partial charge in [0.1, 0.15) is 5.75 Å². The van der Waals surface area contributed by atoms with Gasteiger partial charge in [-0.05, 0) is 18.2 Å². The second-order valence-electron chi connectivity index (χ2n) is 3.65. The average Bonchev–Trinajstić information content (AvgIpc) is 2.32. The van der Waals surface area contributed by atoms with E-state index in [9.17, 15) is 18.3 Å². The van der Waals surface area contributed by atoms with Crippen LogP contribution in [0.4, 0.5) is 5.69 Å². The predicted octanol–water partition coefficient (Wildman–Crippen LogP) is -0.659. The molecule has 0 aromatic heterocycles. The van der Waals surface area contributed by atoms with Crippen molar-refractivity contribution in [3.63, 3.8) is 0 Å². The van der Waals surface area contributed by atoms with Crippen molar-refractivity contribution in [2.45, 2.75) is 4.90 Å². The van der Waals surface area contributed by atoms with Gasteiger partial charge in [-0.1, -0.05) is 0 Å². The van der Waals surface area contributed by atoms with Crippen molar-refractivity contribution in [2.24, 2.45) is 0 Å². The molecule has 0 heterocycles. The number of hydrogen-bond acceptors (Lipinski definition) is 5. The van der Waals surface area contributed by atoms with E-state index < -0.39 is 15.9 Å². The van der Waals surface area contributed by atoms with Crippen molar-refractivity contribution in [1.29, 1.82) is 0 Å². The number of likely N-dealkylation sites (N-methyl/N-ethyl adjacent to an activating group) is 2. The van der Waals surface area contributed by atoms with Gasteiger partial charge in [-0.3, -0.25) is 4.79 Å². The van der Waals surface area contributed by atoms with E-state index in [2.05, 4.69) is 5.32 Å². The first-order chi connectivity index (χ1) is 8.28. The van der Waals surface area contributed by atoms with Crippen molar-refractivity contribution >= 4 is 21.6 Å². The van der Waals surface area contributed by atoms with Crippen LogP contribution in [0.3, 0.4) is 0 Å². The highest BCUT2D eigenvalue weighted by molar-refractivity contribution is 7.89. The third-order valence-electron chi connectivity index (χ3n) is 2.35. The number of phenols is 1. The molecule has 18 heavy (non-hydrogen) atoms. The number of anilines is 1. The topological polar surface area (TPSA) is 113 Å². The molecule has 0 aliphatic rings. The first kappa shape index (κ1) is 14.3. The molecule has 4 N–H and O–H groups in total. The fourth-order valence-electron chi connectivity index (χ4n) is 1.24. The number of benzene rings is 1. The Bertz CT molecular complexity index is 556. The molecule has 0 fully saturated rings. The highest BCUT2D eigenvalue weighted by Crippen LogP contribution is 2.24. The number of sulfonamides is 1. The van der Waals surface area contributed by atoms with Crippen molar-refractivity contribution in [3.05, 3.63) is 18.2 Å². The third-order valence-corrected chi connectivity index (χ3v) is 4.15. The zero-order valence-corrected chi connectivity index (χ0v) is 10.9. The third kappa shape index (κ3) is 2.90. The maximum absolute atomic E-state index is 12.1. The molecule has 0 bridgehead atoms. The Labute approximate surface area is 105 Å². The minimum atomic E-state index is -3.80. The smallest absolute Gasteiger partial charge is 0.243 e. The molecular formula is C10H15N3O4S. The number of nitrogens with zero attached hydrogens (tertiary/aromatic N) is 1. The van der Waals surface area contributed by atoms with Gasteiger partial charge in [0.05, 0.1) is 17.1 Å². The van der Waals surface area contributed by atoms with Crippen LogP contribution in [0.15, 0.2) is 23.1 Å². The van der Waals surface area contributed by atoms with Gasteiger partial charge in [-0.2, -0.15) is 4.31 Å². The van der Waals surface area contributed by atoms with Crippen molar-refractivity contribution < 1.29 is 18.3 Å². The van der Waals surface area contributed by atoms with Crippen LogP contribution in [0.5, 0.6) is 5.75 Å². The van der Waals surface area contributed by atoms with Crippen molar-refractivity contribution in [3.8, 4) is 5.75 Å². The number of rotatable bonds is 4. The molecule has 1 aromatic carbocycles. The average molecular weight is 273 g/mol. The van der Waals surface area contributed by atoms with Crippen LogP contribution in [-0.2, 0) is 14.8 Å². The fraction of sp³-hybridized carbons (Fsp3) is 0.300. The summed E-state index contributed by atoms with van der Waals surface area (Å²) in [5, 5.41) is 11.6. The van der Waals surface area contributed by atoms with E-state index in [1.807, 2.05) is 0 Å². The Kier molecular flexibility index (Phi) is 4.15. The van der Waals surface area contributed by atoms with E-state index in [-0.39, 0.29) is 22.9 Å². The molecule has 7 nitrogen and oxygen atoms in total. The van der Waals surface area contributed by atoms with Gasteiger partial charge in [0.25, 0.3) is 0 Å². The highest BCUT2D eigenvalue weighted by Gasteiger charge is 2.23. The SMILES string of the molecule is CNC(=O)CN(C)S(=O)(=O)c1ccc(O)c(N)c1. The van der Waals surface area contributed by atoms with Gasteiger partial charge in [-0.25, -0.2) is 8.42 Å². The molecule has 0 aliphatic carbocycles. The molecule has 0 aliphatic heterocycles. The predicted molar refractivity (Wildman–Crippen MR) is 66.4 cm³/mol. The Morgan fingerprint density at radius 1 is 1.50 bits per heavy atom. The van der Waals surface area contributed by atoms with Gasteiger partial charge in [0, 0.05) is 14.1 Å². The summed E-state index contributed by atoms with van der Waals surface area (Å²) >= 11 is 0. The number of nitrogens with two attached hydrogens (primary N) is 1. The Morgan fingerprint density at radius 3 is 2.61 bits per heavy atom. The van der Waals surface area contributed by atoms with Crippen LogP contribution in [0.1, 0.15) is 0 Å². The number of carbonyl (C=O) groups is 1. The normalized spacial score (nSPS) is 11.5. The number of nitrogens with one attached hydrogen (secondary N) is 1. The van der Waals surface area contributed by atoms with E-state index in [4.69, 9.17) is 5.73 Å². The largest absolute Gasteiger partial charge is 0.506 e. The summed E-state index contributed by atoms with van der Waals surface area (Å²) in [7, 11) is -1.10. The molecule has 1 rings (SSSR count). The highest BCUT2D eigenvalue weighted by atomic mass is 32.2. The fourth-order valence-corrected chi connectivity index (χ4v) is 2.40. The van der Waals surface area contributed by atoms with Crippen LogP contribution < -0.4 is 11.1 Å². The summed E-state index contributed by atoms with van der Waals surface area (Å²) in [5.74, 6) is -0.615. The first-order valence-electron chi connectivity index (χ1n) is 5.04. The molecule has 0 atom stereocenters. The van der Waals surface area contributed by atoms with Gasteiger partial charge in [0.15, 0.2) is 0 Å². The van der Waals surface area contributed by atoms with Crippen molar-refractivity contribution in [2.75, 3.05) is 26.4 Å². The van der Waals surface area contributed by atoms with Crippen LogP contribution >= 0.6 is 0 Å². The first-order valence-corrected chi connectivity index (χ1v) is 6.48. The van der Waals surface area contributed by atoms with Crippen LogP contribution in [0.2, 0.25) is 0 Å². The van der Waals surface area contributed by atoms with E-state index in [1.165, 1.54) is 26.2 Å². The maximum atomic E-state index is 12.1. The van der Waals surface area contributed by atoms with Crippen LogP contribution in [0.25, 0.3) is 0 Å². The Morgan fingerprint density at radius 2 is 2.11 bits per heavy atom. The molecule has 0 unspecified atom stereocenters. The number of amides is 1. The summed E-state index contributed by atoms with van der Waals surface area (Å²) in [4.78, 5) is 11.1. The molecule has 1 amide bonds.